The standard InChI is InChI=1S/C23H29N3O3/c1-3-29-21-6-4-5-20(15-21)24-16-22(27)25-19-9-7-18(8-10-19)23(28)26-13-11-17(2)12-14-26/h4-10,15,17,24H,3,11-14,16H2,1-2H3,(H,25,27). The van der Waals surface area contributed by atoms with Crippen LogP contribution in [0.3, 0.4) is 0 Å². The molecule has 1 heterocycles. The van der Waals surface area contributed by atoms with E-state index in [0.29, 0.717) is 23.8 Å². The lowest BCUT2D eigenvalue weighted by atomic mass is 9.98. The van der Waals surface area contributed by atoms with E-state index in [4.69, 9.17) is 4.74 Å². The van der Waals surface area contributed by atoms with Crippen molar-refractivity contribution in [2.45, 2.75) is 26.7 Å². The number of ether oxygens (including phenoxy) is 1. The van der Waals surface area contributed by atoms with Crippen molar-refractivity contribution in [2.24, 2.45) is 5.92 Å². The summed E-state index contributed by atoms with van der Waals surface area (Å²) in [5.74, 6) is 1.36. The Morgan fingerprint density at radius 1 is 1.07 bits per heavy atom. The number of carbonyl (C=O) groups is 2. The molecule has 1 saturated heterocycles. The number of anilines is 2. The van der Waals surface area contributed by atoms with Crippen molar-refractivity contribution >= 4 is 23.2 Å². The number of likely N-dealkylation sites (tertiary alicyclic amines) is 1. The Kier molecular flexibility index (Phi) is 7.11. The van der Waals surface area contributed by atoms with Crippen LogP contribution in [-0.4, -0.2) is 43.0 Å². The summed E-state index contributed by atoms with van der Waals surface area (Å²) in [4.78, 5) is 26.7. The summed E-state index contributed by atoms with van der Waals surface area (Å²) in [7, 11) is 0. The highest BCUT2D eigenvalue weighted by Gasteiger charge is 2.21. The van der Waals surface area contributed by atoms with E-state index in [1.54, 1.807) is 24.3 Å². The Morgan fingerprint density at radius 2 is 1.79 bits per heavy atom. The first-order valence-corrected chi connectivity index (χ1v) is 10.2. The van der Waals surface area contributed by atoms with Crippen LogP contribution in [0.5, 0.6) is 5.75 Å². The number of carbonyl (C=O) groups excluding carboxylic acids is 2. The third kappa shape index (κ3) is 5.98. The first-order valence-electron chi connectivity index (χ1n) is 10.2. The molecule has 1 fully saturated rings. The highest BCUT2D eigenvalue weighted by Crippen LogP contribution is 2.19. The Labute approximate surface area is 172 Å². The minimum Gasteiger partial charge on any atom is -0.494 e. The second kappa shape index (κ2) is 9.96. The second-order valence-corrected chi connectivity index (χ2v) is 7.41. The fourth-order valence-corrected chi connectivity index (χ4v) is 3.34. The summed E-state index contributed by atoms with van der Waals surface area (Å²) < 4.78 is 5.46. The molecule has 6 heteroatoms. The molecule has 1 aliphatic heterocycles. The maximum atomic E-state index is 12.6. The minimum atomic E-state index is -0.157. The van der Waals surface area contributed by atoms with Gasteiger partial charge in [-0.25, -0.2) is 0 Å². The van der Waals surface area contributed by atoms with Gasteiger partial charge in [0.05, 0.1) is 13.2 Å². The molecule has 0 unspecified atom stereocenters. The lowest BCUT2D eigenvalue weighted by Crippen LogP contribution is -2.37. The lowest BCUT2D eigenvalue weighted by molar-refractivity contribution is -0.114. The largest absolute Gasteiger partial charge is 0.494 e. The van der Waals surface area contributed by atoms with E-state index in [2.05, 4.69) is 17.6 Å². The minimum absolute atomic E-state index is 0.0608. The SMILES string of the molecule is CCOc1cccc(NCC(=O)Nc2ccc(C(=O)N3CCC(C)CC3)cc2)c1. The molecule has 0 spiro atoms. The van der Waals surface area contributed by atoms with Gasteiger partial charge in [-0.05, 0) is 62.1 Å². The van der Waals surface area contributed by atoms with Crippen LogP contribution in [0.2, 0.25) is 0 Å². The number of hydrogen-bond acceptors (Lipinski definition) is 4. The Morgan fingerprint density at radius 3 is 2.48 bits per heavy atom. The number of piperidine rings is 1. The van der Waals surface area contributed by atoms with Crippen LogP contribution in [-0.2, 0) is 4.79 Å². The Hall–Kier alpha value is -3.02. The second-order valence-electron chi connectivity index (χ2n) is 7.41. The van der Waals surface area contributed by atoms with Gasteiger partial charge in [0.25, 0.3) is 5.91 Å². The van der Waals surface area contributed by atoms with Gasteiger partial charge in [-0.3, -0.25) is 9.59 Å². The monoisotopic (exact) mass is 395 g/mol. The van der Waals surface area contributed by atoms with Crippen LogP contribution >= 0.6 is 0 Å². The Bertz CT molecular complexity index is 828. The third-order valence-electron chi connectivity index (χ3n) is 5.08. The molecule has 0 aromatic heterocycles. The number of nitrogens with zero attached hydrogens (tertiary/aromatic N) is 1. The first kappa shape index (κ1) is 20.7. The summed E-state index contributed by atoms with van der Waals surface area (Å²) >= 11 is 0. The summed E-state index contributed by atoms with van der Waals surface area (Å²) in [5.41, 5.74) is 2.15. The number of hydrogen-bond donors (Lipinski definition) is 2. The van der Waals surface area contributed by atoms with Crippen LogP contribution in [0.4, 0.5) is 11.4 Å². The molecule has 0 bridgehead atoms. The zero-order chi connectivity index (χ0) is 20.6. The average molecular weight is 396 g/mol. The number of nitrogens with one attached hydrogen (secondary N) is 2. The van der Waals surface area contributed by atoms with E-state index in [9.17, 15) is 9.59 Å². The van der Waals surface area contributed by atoms with E-state index in [0.717, 1.165) is 37.4 Å². The van der Waals surface area contributed by atoms with E-state index in [1.165, 1.54) is 0 Å². The molecule has 0 atom stereocenters. The smallest absolute Gasteiger partial charge is 0.253 e. The summed E-state index contributed by atoms with van der Waals surface area (Å²) in [6.45, 7) is 6.52. The van der Waals surface area contributed by atoms with Crippen molar-refractivity contribution in [3.05, 3.63) is 54.1 Å². The fraction of sp³-hybridized carbons (Fsp3) is 0.391. The summed E-state index contributed by atoms with van der Waals surface area (Å²) in [6.07, 6.45) is 2.11. The molecular weight excluding hydrogens is 366 g/mol. The molecule has 2 aromatic rings. The molecule has 0 radical (unpaired) electrons. The molecule has 2 aromatic carbocycles. The van der Waals surface area contributed by atoms with Crippen LogP contribution in [0.1, 0.15) is 37.0 Å². The first-order chi connectivity index (χ1) is 14.0. The third-order valence-corrected chi connectivity index (χ3v) is 5.08. The molecule has 6 nitrogen and oxygen atoms in total. The van der Waals surface area contributed by atoms with E-state index < -0.39 is 0 Å². The van der Waals surface area contributed by atoms with Gasteiger partial charge in [-0.2, -0.15) is 0 Å². The van der Waals surface area contributed by atoms with Crippen molar-refractivity contribution in [1.82, 2.24) is 4.90 Å². The number of amides is 2. The Balaban J connectivity index is 1.49. The van der Waals surface area contributed by atoms with Crippen LogP contribution in [0.15, 0.2) is 48.5 Å². The number of benzene rings is 2. The fourth-order valence-electron chi connectivity index (χ4n) is 3.34. The van der Waals surface area contributed by atoms with Gasteiger partial charge < -0.3 is 20.3 Å². The maximum Gasteiger partial charge on any atom is 0.253 e. The van der Waals surface area contributed by atoms with Crippen molar-refractivity contribution in [2.75, 3.05) is 36.9 Å². The van der Waals surface area contributed by atoms with Crippen molar-refractivity contribution in [3.63, 3.8) is 0 Å². The zero-order valence-electron chi connectivity index (χ0n) is 17.1. The molecule has 3 rings (SSSR count). The van der Waals surface area contributed by atoms with Crippen molar-refractivity contribution in [3.8, 4) is 5.75 Å². The van der Waals surface area contributed by atoms with Crippen LogP contribution in [0.25, 0.3) is 0 Å². The van der Waals surface area contributed by atoms with Crippen molar-refractivity contribution < 1.29 is 14.3 Å². The van der Waals surface area contributed by atoms with Gasteiger partial charge in [-0.1, -0.05) is 13.0 Å². The lowest BCUT2D eigenvalue weighted by Gasteiger charge is -2.30. The normalized spacial score (nSPS) is 14.3. The van der Waals surface area contributed by atoms with Crippen LogP contribution < -0.4 is 15.4 Å². The molecule has 0 saturated carbocycles. The maximum absolute atomic E-state index is 12.6. The molecule has 0 aliphatic carbocycles. The molecule has 2 amide bonds. The van der Waals surface area contributed by atoms with Crippen molar-refractivity contribution in [1.29, 1.82) is 0 Å². The predicted octanol–water partition coefficient (Wildman–Crippen LogP) is 4.01. The highest BCUT2D eigenvalue weighted by atomic mass is 16.5. The van der Waals surface area contributed by atoms with Gasteiger partial charge in [-0.15, -0.1) is 0 Å². The van der Waals surface area contributed by atoms with E-state index in [1.807, 2.05) is 36.1 Å². The van der Waals surface area contributed by atoms with E-state index >= 15 is 0 Å². The van der Waals surface area contributed by atoms with Gasteiger partial charge in [0.2, 0.25) is 5.91 Å². The molecule has 154 valence electrons. The molecule has 29 heavy (non-hydrogen) atoms. The molecule has 1 aliphatic rings. The van der Waals surface area contributed by atoms with Gasteiger partial charge in [0.15, 0.2) is 0 Å². The summed E-state index contributed by atoms with van der Waals surface area (Å²) in [5, 5.41) is 5.93. The highest BCUT2D eigenvalue weighted by molar-refractivity contribution is 5.96. The number of rotatable bonds is 7. The van der Waals surface area contributed by atoms with Gasteiger partial charge >= 0.3 is 0 Å². The van der Waals surface area contributed by atoms with Crippen LogP contribution in [0, 0.1) is 5.92 Å². The van der Waals surface area contributed by atoms with Gasteiger partial charge in [0.1, 0.15) is 5.75 Å². The molecular formula is C23H29N3O3. The van der Waals surface area contributed by atoms with Gasteiger partial charge in [0, 0.05) is 36.1 Å². The van der Waals surface area contributed by atoms with E-state index in [-0.39, 0.29) is 18.4 Å². The summed E-state index contributed by atoms with van der Waals surface area (Å²) in [6, 6.07) is 14.6. The zero-order valence-corrected chi connectivity index (χ0v) is 17.1. The average Bonchev–Trinajstić information content (AvgIpc) is 2.73. The molecule has 2 N–H and O–H groups in total. The quantitative estimate of drug-likeness (QED) is 0.743. The topological polar surface area (TPSA) is 70.7 Å². The predicted molar refractivity (Wildman–Crippen MR) is 115 cm³/mol.